The molecule has 34 heavy (non-hydrogen) atoms. The number of carboxylic acid groups (broad SMARTS) is 1. The zero-order chi connectivity index (χ0) is 24.7. The van der Waals surface area contributed by atoms with Gasteiger partial charge in [-0.05, 0) is 42.8 Å². The van der Waals surface area contributed by atoms with Crippen molar-refractivity contribution in [3.63, 3.8) is 0 Å². The van der Waals surface area contributed by atoms with Gasteiger partial charge in [-0.3, -0.25) is 14.1 Å². The van der Waals surface area contributed by atoms with E-state index in [1.807, 2.05) is 35.0 Å². The van der Waals surface area contributed by atoms with Crippen molar-refractivity contribution in [3.05, 3.63) is 59.8 Å². The number of hydrogen-bond donors (Lipinski definition) is 2. The van der Waals surface area contributed by atoms with Crippen molar-refractivity contribution < 1.29 is 27.9 Å². The fourth-order valence-corrected chi connectivity index (χ4v) is 4.84. The number of nitrogens with one attached hydrogen (secondary N) is 1. The number of quaternary nitrogens is 1. The number of nitrogens with zero attached hydrogens (tertiary/aromatic N) is 2. The van der Waals surface area contributed by atoms with E-state index in [1.54, 1.807) is 6.92 Å². The van der Waals surface area contributed by atoms with Crippen LogP contribution >= 0.6 is 0 Å². The minimum atomic E-state index is -4.41. The van der Waals surface area contributed by atoms with Crippen LogP contribution in [0.25, 0.3) is 16.6 Å². The van der Waals surface area contributed by atoms with Crippen molar-refractivity contribution in [2.75, 3.05) is 26.2 Å². The summed E-state index contributed by atoms with van der Waals surface area (Å²) in [4.78, 5) is 22.7. The van der Waals surface area contributed by atoms with E-state index in [0.29, 0.717) is 48.0 Å². The molecule has 1 fully saturated rings. The molecular weight excluding hydrogens is 447 g/mol. The highest BCUT2D eigenvalue weighted by atomic mass is 19.4. The van der Waals surface area contributed by atoms with Crippen LogP contribution in [-0.2, 0) is 15.8 Å². The minimum absolute atomic E-state index is 0.107. The Bertz CT molecular complexity index is 1240. The van der Waals surface area contributed by atoms with Crippen LogP contribution in [0.1, 0.15) is 24.5 Å². The molecule has 0 atom stereocenters. The van der Waals surface area contributed by atoms with E-state index >= 15 is 0 Å². The fraction of sp³-hybridized carbons (Fsp3) is 0.360. The molecule has 0 spiro atoms. The molecule has 1 aliphatic rings. The summed E-state index contributed by atoms with van der Waals surface area (Å²) < 4.78 is 41.9. The molecule has 0 bridgehead atoms. The van der Waals surface area contributed by atoms with Crippen LogP contribution in [0.15, 0.2) is 48.7 Å². The van der Waals surface area contributed by atoms with Gasteiger partial charge in [0.1, 0.15) is 18.8 Å². The smallest absolute Gasteiger partial charge is 0.416 e. The first-order valence-electron chi connectivity index (χ1n) is 11.1. The number of hydrogen-bond acceptors (Lipinski definition) is 2. The molecule has 9 heteroatoms. The molecule has 1 saturated heterocycles. The van der Waals surface area contributed by atoms with Gasteiger partial charge in [-0.2, -0.15) is 13.2 Å². The number of alkyl halides is 3. The van der Waals surface area contributed by atoms with Gasteiger partial charge in [0, 0.05) is 37.5 Å². The lowest BCUT2D eigenvalue weighted by atomic mass is 9.93. The highest BCUT2D eigenvalue weighted by Gasteiger charge is 2.49. The lowest BCUT2D eigenvalue weighted by molar-refractivity contribution is -0.147. The summed E-state index contributed by atoms with van der Waals surface area (Å²) in [5.41, 5.74) is 2.48. The molecule has 0 unspecified atom stereocenters. The van der Waals surface area contributed by atoms with Crippen molar-refractivity contribution in [1.82, 2.24) is 14.4 Å². The predicted octanol–water partition coefficient (Wildman–Crippen LogP) is 4.51. The molecule has 3 aromatic rings. The van der Waals surface area contributed by atoms with Crippen LogP contribution in [0.2, 0.25) is 0 Å². The Hall–Kier alpha value is -3.33. The largest absolute Gasteiger partial charge is 0.481 e. The summed E-state index contributed by atoms with van der Waals surface area (Å²) in [6, 6.07) is 11.5. The van der Waals surface area contributed by atoms with Gasteiger partial charge >= 0.3 is 12.1 Å². The summed E-state index contributed by atoms with van der Waals surface area (Å²) in [7, 11) is 0. The number of benzene rings is 2. The maximum absolute atomic E-state index is 13.2. The Morgan fingerprint density at radius 1 is 1.18 bits per heavy atom. The molecule has 4 rings (SSSR count). The zero-order valence-corrected chi connectivity index (χ0v) is 19.0. The first-order valence-corrected chi connectivity index (χ1v) is 11.1. The van der Waals surface area contributed by atoms with E-state index in [9.17, 15) is 27.9 Å². The first kappa shape index (κ1) is 23.8. The lowest BCUT2D eigenvalue weighted by Gasteiger charge is -2.48. The third-order valence-electron chi connectivity index (χ3n) is 6.61. The Morgan fingerprint density at radius 2 is 1.91 bits per heavy atom. The molecule has 0 radical (unpaired) electrons. The number of aliphatic carboxylic acids is 1. The van der Waals surface area contributed by atoms with Crippen molar-refractivity contribution in [2.45, 2.75) is 26.4 Å². The van der Waals surface area contributed by atoms with Crippen molar-refractivity contribution >= 4 is 28.5 Å². The lowest BCUT2D eigenvalue weighted by Crippen LogP contribution is -2.67. The zero-order valence-electron chi connectivity index (χ0n) is 19.0. The summed E-state index contributed by atoms with van der Waals surface area (Å²) >= 11 is 0. The van der Waals surface area contributed by atoms with E-state index in [0.717, 1.165) is 23.0 Å². The second-order valence-electron chi connectivity index (χ2n) is 9.04. The van der Waals surface area contributed by atoms with Gasteiger partial charge in [0.2, 0.25) is 5.91 Å². The summed E-state index contributed by atoms with van der Waals surface area (Å²) in [5, 5.41) is 12.8. The molecule has 0 aliphatic carbocycles. The predicted molar refractivity (Wildman–Crippen MR) is 124 cm³/mol. The highest BCUT2D eigenvalue weighted by Crippen LogP contribution is 2.37. The topological polar surface area (TPSA) is 71.3 Å². The number of likely N-dealkylation sites (tertiary alicyclic amines) is 1. The number of amides is 1. The number of carbonyl (C=O) groups is 2. The molecule has 6 nitrogen and oxygen atoms in total. The molecule has 2 N–H and O–H groups in total. The third kappa shape index (κ3) is 4.52. The number of halogens is 3. The SMILES string of the molecule is CC(=O)NCCC[N+]1(c2cccc(-n3cc(C)c4cc(C(F)(F)F)ccc43)c2)CC(C(=O)O)C1. The Balaban J connectivity index is 1.68. The quantitative estimate of drug-likeness (QED) is 0.391. The maximum Gasteiger partial charge on any atom is 0.416 e. The van der Waals surface area contributed by atoms with Crippen LogP contribution in [0.5, 0.6) is 0 Å². The van der Waals surface area contributed by atoms with Crippen molar-refractivity contribution in [2.24, 2.45) is 5.92 Å². The molecule has 1 aliphatic heterocycles. The average Bonchev–Trinajstić information content (AvgIpc) is 3.07. The van der Waals surface area contributed by atoms with Crippen LogP contribution in [0.4, 0.5) is 18.9 Å². The van der Waals surface area contributed by atoms with Gasteiger partial charge in [0.05, 0.1) is 23.3 Å². The van der Waals surface area contributed by atoms with Crippen molar-refractivity contribution in [3.8, 4) is 5.69 Å². The average molecular weight is 475 g/mol. The molecule has 180 valence electrons. The maximum atomic E-state index is 13.2. The van der Waals surface area contributed by atoms with E-state index < -0.39 is 23.6 Å². The number of fused-ring (bicyclic) bond motifs is 1. The van der Waals surface area contributed by atoms with Crippen LogP contribution in [0, 0.1) is 12.8 Å². The van der Waals surface area contributed by atoms with Gasteiger partial charge in [-0.1, -0.05) is 6.07 Å². The van der Waals surface area contributed by atoms with E-state index in [2.05, 4.69) is 5.32 Å². The summed E-state index contributed by atoms with van der Waals surface area (Å²) in [5.74, 6) is -1.36. The first-order chi connectivity index (χ1) is 16.0. The molecular formula is C25H27F3N3O3+. The number of carboxylic acids is 1. The Morgan fingerprint density at radius 3 is 2.56 bits per heavy atom. The summed E-state index contributed by atoms with van der Waals surface area (Å²) in [6.07, 6.45) is -1.89. The minimum Gasteiger partial charge on any atom is -0.481 e. The van der Waals surface area contributed by atoms with Crippen LogP contribution < -0.4 is 9.80 Å². The summed E-state index contributed by atoms with van der Waals surface area (Å²) in [6.45, 7) is 5.34. The monoisotopic (exact) mass is 474 g/mol. The second kappa shape index (κ2) is 8.79. The number of carbonyl (C=O) groups excluding carboxylic acids is 1. The molecule has 1 aromatic heterocycles. The fourth-order valence-electron chi connectivity index (χ4n) is 4.84. The van der Waals surface area contributed by atoms with Gasteiger partial charge in [0.15, 0.2) is 5.92 Å². The van der Waals surface area contributed by atoms with Gasteiger partial charge < -0.3 is 15.0 Å². The molecule has 2 heterocycles. The number of rotatable bonds is 7. The van der Waals surface area contributed by atoms with Crippen LogP contribution in [0.3, 0.4) is 0 Å². The van der Waals surface area contributed by atoms with E-state index in [-0.39, 0.29) is 5.91 Å². The number of aromatic nitrogens is 1. The molecule has 2 aromatic carbocycles. The Labute approximate surface area is 195 Å². The Kier molecular flexibility index (Phi) is 6.16. The van der Waals surface area contributed by atoms with Gasteiger partial charge in [-0.15, -0.1) is 0 Å². The van der Waals surface area contributed by atoms with Gasteiger partial charge in [0.25, 0.3) is 0 Å². The van der Waals surface area contributed by atoms with Crippen molar-refractivity contribution in [1.29, 1.82) is 0 Å². The normalized spacial score (nSPS) is 20.2. The molecule has 1 amide bonds. The standard InChI is InChI=1S/C25H26F3N3O3/c1-16-13-30(23-8-7-19(11-22(16)23)25(26,27)28)20-5-3-6-21(12-20)31(10-4-9-29-17(2)32)14-18(15-31)24(33)34/h3,5-8,11-13,18H,4,9-10,14-15H2,1-2H3,(H-,29,32,33,34)/p+1. The third-order valence-corrected chi connectivity index (χ3v) is 6.61. The highest BCUT2D eigenvalue weighted by molar-refractivity contribution is 5.86. The second-order valence-corrected chi connectivity index (χ2v) is 9.04. The molecule has 0 saturated carbocycles. The van der Waals surface area contributed by atoms with E-state index in [1.165, 1.54) is 19.1 Å². The van der Waals surface area contributed by atoms with E-state index in [4.69, 9.17) is 0 Å². The van der Waals surface area contributed by atoms with Crippen LogP contribution in [-0.4, -0.2) is 47.7 Å². The number of aryl methyl sites for hydroxylation is 1. The van der Waals surface area contributed by atoms with Gasteiger partial charge in [-0.25, -0.2) is 0 Å².